The molecule has 1 rings (SSSR count). The van der Waals surface area contributed by atoms with Gasteiger partial charge in [0.15, 0.2) is 11.5 Å². The lowest BCUT2D eigenvalue weighted by atomic mass is 10.1. The van der Waals surface area contributed by atoms with Crippen molar-refractivity contribution in [1.29, 1.82) is 0 Å². The Hall–Kier alpha value is -1.97. The lowest BCUT2D eigenvalue weighted by Gasteiger charge is -2.15. The zero-order valence-corrected chi connectivity index (χ0v) is 11.0. The molecule has 0 unspecified atom stereocenters. The average Bonchev–Trinajstić information content (AvgIpc) is 2.34. The molecule has 0 radical (unpaired) electrons. The molecule has 4 heteroatoms. The number of nitrogens with zero attached hydrogens (tertiary/aromatic N) is 1. The van der Waals surface area contributed by atoms with Gasteiger partial charge in [0, 0.05) is 5.56 Å². The second-order valence-corrected chi connectivity index (χ2v) is 3.64. The van der Waals surface area contributed by atoms with Gasteiger partial charge in [0.05, 0.1) is 19.4 Å². The summed E-state index contributed by atoms with van der Waals surface area (Å²) < 4.78 is 11.3. The van der Waals surface area contributed by atoms with Gasteiger partial charge in [0.1, 0.15) is 0 Å². The Morgan fingerprint density at radius 2 is 2.00 bits per heavy atom. The molecule has 2 N–H and O–H groups in total. The van der Waals surface area contributed by atoms with E-state index in [-0.39, 0.29) is 0 Å². The highest BCUT2D eigenvalue weighted by Gasteiger charge is 2.12. The molecular formula is C14H20N2O2. The number of benzene rings is 1. The molecule has 0 saturated heterocycles. The van der Waals surface area contributed by atoms with Crippen molar-refractivity contribution in [3.05, 3.63) is 35.9 Å². The topological polar surface area (TPSA) is 56.8 Å². The fraction of sp³-hybridized carbons (Fsp3) is 0.357. The number of nitrogens with two attached hydrogens (primary N) is 1. The summed E-state index contributed by atoms with van der Waals surface area (Å²) in [6.45, 7) is 8.81. The minimum atomic E-state index is 0.580. The Morgan fingerprint density at radius 3 is 2.56 bits per heavy atom. The molecule has 4 nitrogen and oxygen atoms in total. The highest BCUT2D eigenvalue weighted by molar-refractivity contribution is 5.81. The highest BCUT2D eigenvalue weighted by atomic mass is 16.5. The first-order valence-corrected chi connectivity index (χ1v) is 6.03. The second kappa shape index (κ2) is 7.37. The van der Waals surface area contributed by atoms with E-state index >= 15 is 0 Å². The van der Waals surface area contributed by atoms with Crippen LogP contribution < -0.4 is 15.3 Å². The fourth-order valence-electron chi connectivity index (χ4n) is 1.72. The summed E-state index contributed by atoms with van der Waals surface area (Å²) >= 11 is 0. The van der Waals surface area contributed by atoms with Gasteiger partial charge >= 0.3 is 0 Å². The molecule has 0 aliphatic carbocycles. The standard InChI is InChI=1S/C14H20N2O2/c1-4-7-12-8-11(10-16-15)9-13(17-5-2)14(12)18-6-3/h4,8-10H,1,5-7,15H2,2-3H3. The van der Waals surface area contributed by atoms with Gasteiger partial charge in [-0.15, -0.1) is 6.58 Å². The Labute approximate surface area is 108 Å². The van der Waals surface area contributed by atoms with Crippen molar-refractivity contribution in [2.45, 2.75) is 20.3 Å². The van der Waals surface area contributed by atoms with Gasteiger partial charge in [-0.3, -0.25) is 0 Å². The van der Waals surface area contributed by atoms with Crippen molar-refractivity contribution in [2.75, 3.05) is 13.2 Å². The van der Waals surface area contributed by atoms with Crippen LogP contribution in [0.25, 0.3) is 0 Å². The van der Waals surface area contributed by atoms with E-state index in [0.29, 0.717) is 25.4 Å². The van der Waals surface area contributed by atoms with E-state index in [1.54, 1.807) is 6.21 Å². The van der Waals surface area contributed by atoms with Crippen molar-refractivity contribution in [1.82, 2.24) is 0 Å². The molecule has 0 aliphatic heterocycles. The molecule has 0 aromatic heterocycles. The van der Waals surface area contributed by atoms with Crippen molar-refractivity contribution < 1.29 is 9.47 Å². The smallest absolute Gasteiger partial charge is 0.164 e. The van der Waals surface area contributed by atoms with Gasteiger partial charge in [-0.05, 0) is 38.0 Å². The zero-order valence-electron chi connectivity index (χ0n) is 11.0. The molecular weight excluding hydrogens is 228 g/mol. The third-order valence-electron chi connectivity index (χ3n) is 2.33. The number of hydrogen-bond acceptors (Lipinski definition) is 4. The molecule has 1 aromatic carbocycles. The van der Waals surface area contributed by atoms with E-state index in [0.717, 1.165) is 16.9 Å². The van der Waals surface area contributed by atoms with Crippen LogP contribution in [0.1, 0.15) is 25.0 Å². The van der Waals surface area contributed by atoms with Crippen LogP contribution in [0.4, 0.5) is 0 Å². The van der Waals surface area contributed by atoms with Crippen LogP contribution >= 0.6 is 0 Å². The summed E-state index contributed by atoms with van der Waals surface area (Å²) in [5, 5.41) is 3.54. The third kappa shape index (κ3) is 3.52. The molecule has 0 fully saturated rings. The Kier molecular flexibility index (Phi) is 5.77. The summed E-state index contributed by atoms with van der Waals surface area (Å²) in [4.78, 5) is 0. The van der Waals surface area contributed by atoms with Gasteiger partial charge in [0.2, 0.25) is 0 Å². The average molecular weight is 248 g/mol. The molecule has 98 valence electrons. The number of ether oxygens (including phenoxy) is 2. The monoisotopic (exact) mass is 248 g/mol. The molecule has 18 heavy (non-hydrogen) atoms. The maximum atomic E-state index is 5.66. The first kappa shape index (κ1) is 14.1. The van der Waals surface area contributed by atoms with Gasteiger partial charge in [-0.25, -0.2) is 0 Å². The Morgan fingerprint density at radius 1 is 1.28 bits per heavy atom. The lowest BCUT2D eigenvalue weighted by molar-refractivity contribution is 0.285. The molecule has 1 aromatic rings. The molecule has 0 saturated carbocycles. The van der Waals surface area contributed by atoms with Crippen LogP contribution in [-0.4, -0.2) is 19.4 Å². The van der Waals surface area contributed by atoms with E-state index in [1.807, 2.05) is 32.1 Å². The van der Waals surface area contributed by atoms with Crippen molar-refractivity contribution in [3.8, 4) is 11.5 Å². The van der Waals surface area contributed by atoms with Crippen LogP contribution in [0.15, 0.2) is 29.9 Å². The number of hydrazone groups is 1. The second-order valence-electron chi connectivity index (χ2n) is 3.64. The first-order chi connectivity index (χ1) is 8.76. The molecule has 0 bridgehead atoms. The number of rotatable bonds is 7. The van der Waals surface area contributed by atoms with Crippen molar-refractivity contribution >= 4 is 6.21 Å². The summed E-state index contributed by atoms with van der Waals surface area (Å²) in [5.41, 5.74) is 1.91. The summed E-state index contributed by atoms with van der Waals surface area (Å²) in [7, 11) is 0. The predicted octanol–water partition coefficient (Wildman–Crippen LogP) is 2.51. The van der Waals surface area contributed by atoms with Crippen LogP contribution in [0.2, 0.25) is 0 Å². The third-order valence-corrected chi connectivity index (χ3v) is 2.33. The van der Waals surface area contributed by atoms with Crippen molar-refractivity contribution in [2.24, 2.45) is 10.9 Å². The van der Waals surface area contributed by atoms with E-state index in [4.69, 9.17) is 15.3 Å². The van der Waals surface area contributed by atoms with E-state index in [9.17, 15) is 0 Å². The van der Waals surface area contributed by atoms with Crippen LogP contribution in [0, 0.1) is 0 Å². The highest BCUT2D eigenvalue weighted by Crippen LogP contribution is 2.33. The molecule has 0 atom stereocenters. The normalized spacial score (nSPS) is 10.6. The Balaban J connectivity index is 3.28. The maximum absolute atomic E-state index is 5.66. The minimum absolute atomic E-state index is 0.580. The molecule has 0 spiro atoms. The van der Waals surface area contributed by atoms with Crippen molar-refractivity contribution in [3.63, 3.8) is 0 Å². The first-order valence-electron chi connectivity index (χ1n) is 6.03. The van der Waals surface area contributed by atoms with Gasteiger partial charge in [0.25, 0.3) is 0 Å². The quantitative estimate of drug-likeness (QED) is 0.349. The fourth-order valence-corrected chi connectivity index (χ4v) is 1.72. The molecule has 0 aliphatic rings. The van der Waals surface area contributed by atoms with Crippen LogP contribution in [-0.2, 0) is 6.42 Å². The number of allylic oxidation sites excluding steroid dienone is 1. The van der Waals surface area contributed by atoms with E-state index in [1.165, 1.54) is 0 Å². The molecule has 0 heterocycles. The SMILES string of the molecule is C=CCc1cc(C=NN)cc(OCC)c1OCC. The van der Waals surface area contributed by atoms with Crippen LogP contribution in [0.3, 0.4) is 0 Å². The zero-order chi connectivity index (χ0) is 13.4. The Bertz CT molecular complexity index is 428. The molecule has 0 amide bonds. The largest absolute Gasteiger partial charge is 0.490 e. The van der Waals surface area contributed by atoms with E-state index in [2.05, 4.69) is 11.7 Å². The van der Waals surface area contributed by atoms with E-state index < -0.39 is 0 Å². The summed E-state index contributed by atoms with van der Waals surface area (Å²) in [5.74, 6) is 6.67. The van der Waals surface area contributed by atoms with Gasteiger partial charge in [-0.1, -0.05) is 6.08 Å². The van der Waals surface area contributed by atoms with Gasteiger partial charge < -0.3 is 15.3 Å². The summed E-state index contributed by atoms with van der Waals surface area (Å²) in [6.07, 6.45) is 4.13. The number of hydrogen-bond donors (Lipinski definition) is 1. The van der Waals surface area contributed by atoms with Gasteiger partial charge in [-0.2, -0.15) is 5.10 Å². The minimum Gasteiger partial charge on any atom is -0.490 e. The lowest BCUT2D eigenvalue weighted by Crippen LogP contribution is -2.03. The van der Waals surface area contributed by atoms with Crippen LogP contribution in [0.5, 0.6) is 11.5 Å². The predicted molar refractivity (Wildman–Crippen MR) is 74.5 cm³/mol. The summed E-state index contributed by atoms with van der Waals surface area (Å²) in [6, 6.07) is 3.85. The maximum Gasteiger partial charge on any atom is 0.164 e.